The van der Waals surface area contributed by atoms with E-state index in [0.717, 1.165) is 0 Å². The molecule has 0 aliphatic rings. The van der Waals surface area contributed by atoms with Gasteiger partial charge in [0.2, 0.25) is 0 Å². The zero-order valence-electron chi connectivity index (χ0n) is 7.49. The van der Waals surface area contributed by atoms with E-state index in [1.165, 1.54) is 12.4 Å². The highest BCUT2D eigenvalue weighted by Gasteiger charge is 1.99. The average molecular weight is 197 g/mol. The van der Waals surface area contributed by atoms with Crippen molar-refractivity contribution in [2.24, 2.45) is 0 Å². The van der Waals surface area contributed by atoms with Gasteiger partial charge in [-0.05, 0) is 6.42 Å². The molecule has 0 aliphatic carbocycles. The van der Waals surface area contributed by atoms with Crippen LogP contribution in [0.3, 0.4) is 0 Å². The maximum atomic E-state index is 11.1. The number of nitrogens with one attached hydrogen (secondary N) is 2. The molecule has 0 aliphatic heterocycles. The van der Waals surface area contributed by atoms with Gasteiger partial charge in [-0.3, -0.25) is 9.59 Å². The first kappa shape index (κ1) is 10.2. The van der Waals surface area contributed by atoms with E-state index in [-0.39, 0.29) is 17.8 Å². The van der Waals surface area contributed by atoms with Crippen LogP contribution in [0.4, 0.5) is 5.82 Å². The standard InChI is InChI=1S/C8H11N3O3/c12-6(13)2-1-3-9-7-8(14)11-5-4-10-7/h4-5H,1-3H2,(H,9,10)(H,11,14)(H,12,13). The molecule has 1 rings (SSSR count). The van der Waals surface area contributed by atoms with Gasteiger partial charge in [0.1, 0.15) is 0 Å². The van der Waals surface area contributed by atoms with Crippen LogP contribution in [-0.4, -0.2) is 27.6 Å². The molecule has 0 unspecified atom stereocenters. The third-order valence-electron chi connectivity index (χ3n) is 1.57. The second kappa shape index (κ2) is 5.00. The SMILES string of the molecule is O=C(O)CCCNc1ncc[nH]c1=O. The zero-order valence-corrected chi connectivity index (χ0v) is 7.49. The van der Waals surface area contributed by atoms with Crippen LogP contribution in [0.1, 0.15) is 12.8 Å². The quantitative estimate of drug-likeness (QED) is 0.579. The summed E-state index contributed by atoms with van der Waals surface area (Å²) in [5.74, 6) is -0.625. The fourth-order valence-corrected chi connectivity index (χ4v) is 0.924. The molecule has 1 heterocycles. The van der Waals surface area contributed by atoms with E-state index >= 15 is 0 Å². The summed E-state index contributed by atoms with van der Waals surface area (Å²) in [7, 11) is 0. The predicted octanol–water partition coefficient (Wildman–Crippen LogP) is 0.0466. The number of aliphatic carboxylic acids is 1. The Morgan fingerprint density at radius 1 is 1.64 bits per heavy atom. The van der Waals surface area contributed by atoms with Gasteiger partial charge in [0.15, 0.2) is 5.82 Å². The Labute approximate surface area is 80.0 Å². The molecule has 0 saturated heterocycles. The molecule has 0 saturated carbocycles. The van der Waals surface area contributed by atoms with Crippen molar-refractivity contribution in [2.45, 2.75) is 12.8 Å². The summed E-state index contributed by atoms with van der Waals surface area (Å²) in [5, 5.41) is 11.1. The molecule has 76 valence electrons. The first-order chi connectivity index (χ1) is 6.70. The van der Waals surface area contributed by atoms with Crippen molar-refractivity contribution in [3.63, 3.8) is 0 Å². The fourth-order valence-electron chi connectivity index (χ4n) is 0.924. The smallest absolute Gasteiger partial charge is 0.303 e. The van der Waals surface area contributed by atoms with Crippen LogP contribution >= 0.6 is 0 Å². The van der Waals surface area contributed by atoms with Gasteiger partial charge in [-0.2, -0.15) is 0 Å². The summed E-state index contributed by atoms with van der Waals surface area (Å²) in [6.45, 7) is 0.423. The summed E-state index contributed by atoms with van der Waals surface area (Å²) in [6, 6.07) is 0. The average Bonchev–Trinajstić information content (AvgIpc) is 2.15. The Morgan fingerprint density at radius 2 is 2.43 bits per heavy atom. The van der Waals surface area contributed by atoms with Crippen LogP contribution in [0.25, 0.3) is 0 Å². The number of anilines is 1. The first-order valence-corrected chi connectivity index (χ1v) is 4.19. The second-order valence-electron chi connectivity index (χ2n) is 2.69. The summed E-state index contributed by atoms with van der Waals surface area (Å²) in [4.78, 5) is 27.5. The maximum absolute atomic E-state index is 11.1. The number of carboxylic acid groups (broad SMARTS) is 1. The van der Waals surface area contributed by atoms with Crippen LogP contribution < -0.4 is 10.9 Å². The number of aromatic nitrogens is 2. The Hall–Kier alpha value is -1.85. The van der Waals surface area contributed by atoms with E-state index in [4.69, 9.17) is 5.11 Å². The van der Waals surface area contributed by atoms with E-state index in [9.17, 15) is 9.59 Å². The van der Waals surface area contributed by atoms with Crippen LogP contribution in [0.5, 0.6) is 0 Å². The van der Waals surface area contributed by atoms with E-state index in [0.29, 0.717) is 13.0 Å². The van der Waals surface area contributed by atoms with E-state index in [1.807, 2.05) is 0 Å². The molecule has 0 amide bonds. The lowest BCUT2D eigenvalue weighted by Crippen LogP contribution is -2.16. The first-order valence-electron chi connectivity index (χ1n) is 4.19. The Kier molecular flexibility index (Phi) is 3.66. The monoisotopic (exact) mass is 197 g/mol. The number of aromatic amines is 1. The topological polar surface area (TPSA) is 95.1 Å². The summed E-state index contributed by atoms with van der Waals surface area (Å²) < 4.78 is 0. The number of carboxylic acids is 1. The molecule has 1 aromatic rings. The molecule has 3 N–H and O–H groups in total. The molecule has 0 fully saturated rings. The lowest BCUT2D eigenvalue weighted by atomic mass is 10.3. The zero-order chi connectivity index (χ0) is 10.4. The highest BCUT2D eigenvalue weighted by molar-refractivity contribution is 5.66. The molecule has 0 bridgehead atoms. The Bertz CT molecular complexity index is 361. The number of hydrogen-bond acceptors (Lipinski definition) is 4. The van der Waals surface area contributed by atoms with Gasteiger partial charge >= 0.3 is 5.97 Å². The largest absolute Gasteiger partial charge is 0.481 e. The molecule has 0 aromatic carbocycles. The minimum absolute atomic E-state index is 0.0811. The minimum Gasteiger partial charge on any atom is -0.481 e. The number of nitrogens with zero attached hydrogens (tertiary/aromatic N) is 1. The summed E-state index contributed by atoms with van der Waals surface area (Å²) in [6.07, 6.45) is 3.44. The lowest BCUT2D eigenvalue weighted by Gasteiger charge is -2.01. The summed E-state index contributed by atoms with van der Waals surface area (Å²) in [5.41, 5.74) is -0.303. The Balaban J connectivity index is 2.35. The van der Waals surface area contributed by atoms with Gasteiger partial charge in [0, 0.05) is 25.4 Å². The van der Waals surface area contributed by atoms with Crippen molar-refractivity contribution >= 4 is 11.8 Å². The van der Waals surface area contributed by atoms with Gasteiger partial charge < -0.3 is 15.4 Å². The highest BCUT2D eigenvalue weighted by atomic mass is 16.4. The van der Waals surface area contributed by atoms with E-state index < -0.39 is 5.97 Å². The third-order valence-corrected chi connectivity index (χ3v) is 1.57. The number of H-pyrrole nitrogens is 1. The highest BCUT2D eigenvalue weighted by Crippen LogP contribution is 1.93. The van der Waals surface area contributed by atoms with E-state index in [2.05, 4.69) is 15.3 Å². The van der Waals surface area contributed by atoms with Gasteiger partial charge in [-0.1, -0.05) is 0 Å². The second-order valence-corrected chi connectivity index (χ2v) is 2.69. The molecular formula is C8H11N3O3. The van der Waals surface area contributed by atoms with Gasteiger partial charge in [-0.15, -0.1) is 0 Å². The molecular weight excluding hydrogens is 186 g/mol. The third kappa shape index (κ3) is 3.26. The predicted molar refractivity (Wildman–Crippen MR) is 50.2 cm³/mol. The van der Waals surface area contributed by atoms with Crippen LogP contribution in [0.2, 0.25) is 0 Å². The van der Waals surface area contributed by atoms with E-state index in [1.54, 1.807) is 0 Å². The normalized spacial score (nSPS) is 9.71. The van der Waals surface area contributed by atoms with Gasteiger partial charge in [-0.25, -0.2) is 4.98 Å². The maximum Gasteiger partial charge on any atom is 0.303 e. The van der Waals surface area contributed by atoms with Crippen molar-refractivity contribution in [3.8, 4) is 0 Å². The van der Waals surface area contributed by atoms with Crippen LogP contribution in [-0.2, 0) is 4.79 Å². The van der Waals surface area contributed by atoms with Crippen molar-refractivity contribution < 1.29 is 9.90 Å². The molecule has 0 atom stereocenters. The minimum atomic E-state index is -0.846. The fraction of sp³-hybridized carbons (Fsp3) is 0.375. The van der Waals surface area contributed by atoms with Gasteiger partial charge in [0.05, 0.1) is 0 Å². The van der Waals surface area contributed by atoms with Crippen molar-refractivity contribution in [2.75, 3.05) is 11.9 Å². The molecule has 1 aromatic heterocycles. The molecule has 6 heteroatoms. The number of rotatable bonds is 5. The molecule has 14 heavy (non-hydrogen) atoms. The molecule has 6 nitrogen and oxygen atoms in total. The number of carbonyl (C=O) groups is 1. The van der Waals surface area contributed by atoms with Crippen LogP contribution in [0, 0.1) is 0 Å². The van der Waals surface area contributed by atoms with Crippen LogP contribution in [0.15, 0.2) is 17.2 Å². The Morgan fingerprint density at radius 3 is 3.07 bits per heavy atom. The molecule has 0 spiro atoms. The van der Waals surface area contributed by atoms with Crippen molar-refractivity contribution in [3.05, 3.63) is 22.7 Å². The van der Waals surface area contributed by atoms with Gasteiger partial charge in [0.25, 0.3) is 5.56 Å². The number of hydrogen-bond donors (Lipinski definition) is 3. The van der Waals surface area contributed by atoms with Crippen molar-refractivity contribution in [1.29, 1.82) is 0 Å². The lowest BCUT2D eigenvalue weighted by molar-refractivity contribution is -0.137. The summed E-state index contributed by atoms with van der Waals surface area (Å²) >= 11 is 0. The molecule has 0 radical (unpaired) electrons. The van der Waals surface area contributed by atoms with Crippen molar-refractivity contribution in [1.82, 2.24) is 9.97 Å².